The predicted octanol–water partition coefficient (Wildman–Crippen LogP) is 3.83. The van der Waals surface area contributed by atoms with E-state index in [1.807, 2.05) is 30.3 Å². The number of aromatic nitrogens is 3. The molecule has 3 aromatic carbocycles. The van der Waals surface area contributed by atoms with E-state index < -0.39 is 17.4 Å². The van der Waals surface area contributed by atoms with Gasteiger partial charge in [-0.25, -0.2) is 4.68 Å². The van der Waals surface area contributed by atoms with Crippen molar-refractivity contribution in [1.82, 2.24) is 14.3 Å². The van der Waals surface area contributed by atoms with E-state index in [-0.39, 0.29) is 22.4 Å². The number of carbonyl (C=O) groups is 2. The molecule has 5 rings (SSSR count). The number of nitrogens with zero attached hydrogens (tertiary/aromatic N) is 2. The van der Waals surface area contributed by atoms with Crippen LogP contribution in [0.2, 0.25) is 0 Å². The highest BCUT2D eigenvalue weighted by molar-refractivity contribution is 6.13. The van der Waals surface area contributed by atoms with Gasteiger partial charge >= 0.3 is 0 Å². The van der Waals surface area contributed by atoms with Crippen LogP contribution in [0.1, 0.15) is 26.4 Å². The molecule has 9 heteroatoms. The van der Waals surface area contributed by atoms with Gasteiger partial charge in [-0.1, -0.05) is 42.5 Å². The third-order valence-corrected chi connectivity index (χ3v) is 6.17. The van der Waals surface area contributed by atoms with Gasteiger partial charge in [-0.2, -0.15) is 0 Å². The van der Waals surface area contributed by atoms with Gasteiger partial charge in [0.25, 0.3) is 17.4 Å². The second-order valence-corrected chi connectivity index (χ2v) is 8.52. The van der Waals surface area contributed by atoms with E-state index >= 15 is 0 Å². The van der Waals surface area contributed by atoms with Crippen LogP contribution in [-0.2, 0) is 7.05 Å². The molecule has 2 heterocycles. The summed E-state index contributed by atoms with van der Waals surface area (Å²) >= 11 is 0. The Labute approximate surface area is 211 Å². The number of fused-ring (bicyclic) bond motifs is 1. The highest BCUT2D eigenvalue weighted by Gasteiger charge is 2.19. The average Bonchev–Trinajstić information content (AvgIpc) is 3.11. The third-order valence-electron chi connectivity index (χ3n) is 6.17. The summed E-state index contributed by atoms with van der Waals surface area (Å²) in [6.07, 6.45) is 0. The summed E-state index contributed by atoms with van der Waals surface area (Å²) in [5.74, 6) is -0.978. The van der Waals surface area contributed by atoms with Gasteiger partial charge in [0.15, 0.2) is 0 Å². The zero-order valence-electron chi connectivity index (χ0n) is 20.1. The minimum atomic E-state index is -0.497. The number of H-pyrrole nitrogens is 1. The monoisotopic (exact) mass is 493 g/mol. The zero-order chi connectivity index (χ0) is 26.1. The lowest BCUT2D eigenvalue weighted by Crippen LogP contribution is -2.23. The quantitative estimate of drug-likeness (QED) is 0.345. The van der Waals surface area contributed by atoms with Gasteiger partial charge in [0, 0.05) is 35.3 Å². The molecule has 2 aromatic heterocycles. The Morgan fingerprint density at radius 1 is 0.811 bits per heavy atom. The highest BCUT2D eigenvalue weighted by Crippen LogP contribution is 2.19. The van der Waals surface area contributed by atoms with E-state index in [1.54, 1.807) is 61.1 Å². The van der Waals surface area contributed by atoms with Gasteiger partial charge in [-0.3, -0.25) is 23.9 Å². The molecule has 184 valence electrons. The van der Waals surface area contributed by atoms with Gasteiger partial charge < -0.3 is 15.6 Å². The smallest absolute Gasteiger partial charge is 0.295 e. The van der Waals surface area contributed by atoms with Crippen LogP contribution in [0.25, 0.3) is 16.6 Å². The SMILES string of the molecule is Cc1c(NC(=O)c2cccc(NC(=O)c3cc(=O)[nH]c4ccccc34)c2)c(=O)n(-c2ccccc2)n1C. The first-order chi connectivity index (χ1) is 17.8. The van der Waals surface area contributed by atoms with Crippen LogP contribution >= 0.6 is 0 Å². The van der Waals surface area contributed by atoms with Crippen LogP contribution in [0.4, 0.5) is 11.4 Å². The second kappa shape index (κ2) is 9.46. The largest absolute Gasteiger partial charge is 0.322 e. The van der Waals surface area contributed by atoms with Crippen LogP contribution in [0.15, 0.2) is 94.5 Å². The number of amides is 2. The normalized spacial score (nSPS) is 10.9. The van der Waals surface area contributed by atoms with Crippen LogP contribution < -0.4 is 21.8 Å². The second-order valence-electron chi connectivity index (χ2n) is 8.52. The van der Waals surface area contributed by atoms with Crippen molar-refractivity contribution < 1.29 is 9.59 Å². The highest BCUT2D eigenvalue weighted by atomic mass is 16.2. The molecule has 3 N–H and O–H groups in total. The minimum Gasteiger partial charge on any atom is -0.322 e. The predicted molar refractivity (Wildman–Crippen MR) is 143 cm³/mol. The number of anilines is 2. The first-order valence-corrected chi connectivity index (χ1v) is 11.5. The van der Waals surface area contributed by atoms with Crippen LogP contribution in [0, 0.1) is 6.92 Å². The molecule has 0 spiro atoms. The van der Waals surface area contributed by atoms with E-state index in [0.29, 0.717) is 28.0 Å². The van der Waals surface area contributed by atoms with E-state index in [9.17, 15) is 19.2 Å². The van der Waals surface area contributed by atoms with Crippen LogP contribution in [0.5, 0.6) is 0 Å². The number of carbonyl (C=O) groups excluding carboxylic acids is 2. The molecule has 0 aliphatic heterocycles. The number of benzene rings is 3. The minimum absolute atomic E-state index is 0.167. The standard InChI is InChI=1S/C28H23N5O4/c1-17-25(28(37)33(32(17)2)20-11-4-3-5-12-20)31-26(35)18-9-8-10-19(15-18)29-27(36)22-16-24(34)30-23-14-7-6-13-21(22)23/h3-16H,1-2H3,(H,29,36)(H,30,34)(H,31,35). The maximum Gasteiger partial charge on any atom is 0.295 e. The molecule has 0 fully saturated rings. The zero-order valence-corrected chi connectivity index (χ0v) is 20.1. The molecule has 0 saturated carbocycles. The van der Waals surface area contributed by atoms with E-state index in [4.69, 9.17) is 0 Å². The number of hydrogen-bond donors (Lipinski definition) is 3. The fraction of sp³-hybridized carbons (Fsp3) is 0.0714. The average molecular weight is 494 g/mol. The third kappa shape index (κ3) is 4.45. The fourth-order valence-corrected chi connectivity index (χ4v) is 4.23. The van der Waals surface area contributed by atoms with Gasteiger partial charge in [0.05, 0.1) is 16.9 Å². The van der Waals surface area contributed by atoms with E-state index in [1.165, 1.54) is 16.8 Å². The fourth-order valence-electron chi connectivity index (χ4n) is 4.23. The Hall–Kier alpha value is -5.18. The lowest BCUT2D eigenvalue weighted by molar-refractivity contribution is 0.101. The molecule has 0 unspecified atom stereocenters. The van der Waals surface area contributed by atoms with Gasteiger partial charge in [0.2, 0.25) is 5.56 Å². The van der Waals surface area contributed by atoms with Crippen molar-refractivity contribution in [2.45, 2.75) is 6.92 Å². The Morgan fingerprint density at radius 2 is 1.54 bits per heavy atom. The lowest BCUT2D eigenvalue weighted by Gasteiger charge is -2.09. The number of aromatic amines is 1. The van der Waals surface area contributed by atoms with Crippen molar-refractivity contribution in [2.75, 3.05) is 10.6 Å². The summed E-state index contributed by atoms with van der Waals surface area (Å²) in [7, 11) is 1.74. The molecule has 5 aromatic rings. The summed E-state index contributed by atoms with van der Waals surface area (Å²) in [5.41, 5.74) is 2.07. The summed E-state index contributed by atoms with van der Waals surface area (Å²) in [6, 6.07) is 23.7. The molecule has 2 amide bonds. The number of nitrogens with one attached hydrogen (secondary N) is 3. The van der Waals surface area contributed by atoms with E-state index in [0.717, 1.165) is 0 Å². The molecule has 9 nitrogen and oxygen atoms in total. The number of hydrogen-bond acceptors (Lipinski definition) is 4. The maximum absolute atomic E-state index is 13.1. The number of rotatable bonds is 5. The molecule has 37 heavy (non-hydrogen) atoms. The topological polar surface area (TPSA) is 118 Å². The molecule has 0 radical (unpaired) electrons. The summed E-state index contributed by atoms with van der Waals surface area (Å²) in [5, 5.41) is 6.07. The van der Waals surface area contributed by atoms with Crippen molar-refractivity contribution in [3.63, 3.8) is 0 Å². The number of pyridine rings is 1. The Bertz CT molecular complexity index is 1780. The van der Waals surface area contributed by atoms with Crippen molar-refractivity contribution in [3.8, 4) is 5.69 Å². The van der Waals surface area contributed by atoms with Crippen molar-refractivity contribution in [2.24, 2.45) is 7.05 Å². The molecule has 0 aliphatic rings. The molecule has 0 aliphatic carbocycles. The van der Waals surface area contributed by atoms with Gasteiger partial charge in [0.1, 0.15) is 5.69 Å². The maximum atomic E-state index is 13.1. The van der Waals surface area contributed by atoms with Gasteiger partial charge in [-0.05, 0) is 43.3 Å². The first-order valence-electron chi connectivity index (χ1n) is 11.5. The van der Waals surface area contributed by atoms with Gasteiger partial charge in [-0.15, -0.1) is 0 Å². The van der Waals surface area contributed by atoms with E-state index in [2.05, 4.69) is 15.6 Å². The Balaban J connectivity index is 1.40. The van der Waals surface area contributed by atoms with Crippen molar-refractivity contribution in [1.29, 1.82) is 0 Å². The first kappa shape index (κ1) is 23.6. The molecule has 0 bridgehead atoms. The molecule has 0 saturated heterocycles. The van der Waals surface area contributed by atoms with Crippen LogP contribution in [0.3, 0.4) is 0 Å². The lowest BCUT2D eigenvalue weighted by atomic mass is 10.1. The summed E-state index contributed by atoms with van der Waals surface area (Å²) in [4.78, 5) is 53.9. The molecular formula is C28H23N5O4. The molecular weight excluding hydrogens is 470 g/mol. The Kier molecular flexibility index (Phi) is 6.02. The Morgan fingerprint density at radius 3 is 2.32 bits per heavy atom. The summed E-state index contributed by atoms with van der Waals surface area (Å²) < 4.78 is 3.16. The summed E-state index contributed by atoms with van der Waals surface area (Å²) in [6.45, 7) is 1.75. The molecule has 0 atom stereocenters. The van der Waals surface area contributed by atoms with Crippen molar-refractivity contribution >= 4 is 34.1 Å². The van der Waals surface area contributed by atoms with Crippen molar-refractivity contribution in [3.05, 3.63) is 122 Å². The number of para-hydroxylation sites is 2. The van der Waals surface area contributed by atoms with Crippen LogP contribution in [-0.4, -0.2) is 26.2 Å².